The molecule has 19 heteroatoms. The molecule has 17 unspecified atom stereocenters. The lowest BCUT2D eigenvalue weighted by Crippen LogP contribution is -2.66. The van der Waals surface area contributed by atoms with Gasteiger partial charge in [-0.3, -0.25) is 4.79 Å². The predicted octanol–water partition coefficient (Wildman–Crippen LogP) is 10.3. The molecule has 0 aromatic carbocycles. The van der Waals surface area contributed by atoms with Crippen molar-refractivity contribution in [1.82, 2.24) is 5.32 Å². The van der Waals surface area contributed by atoms with E-state index < -0.39 is 131 Å². The highest BCUT2D eigenvalue weighted by Crippen LogP contribution is 2.33. The van der Waals surface area contributed by atoms with Gasteiger partial charge in [-0.05, 0) is 122 Å². The third-order valence-corrected chi connectivity index (χ3v) is 16.5. The number of aliphatic hydroxyl groups excluding tert-OH is 11. The van der Waals surface area contributed by atoms with E-state index in [0.29, 0.717) is 12.8 Å². The Labute approximate surface area is 579 Å². The Morgan fingerprint density at radius 2 is 0.722 bits per heavy atom. The summed E-state index contributed by atoms with van der Waals surface area (Å²) in [5.41, 5.74) is 0. The molecule has 17 atom stereocenters. The van der Waals surface area contributed by atoms with Gasteiger partial charge in [0.05, 0.1) is 38.6 Å². The average molecular weight is 1360 g/mol. The van der Waals surface area contributed by atoms with Crippen LogP contribution in [-0.4, -0.2) is 193 Å². The van der Waals surface area contributed by atoms with E-state index in [1.807, 2.05) is 6.08 Å². The standard InChI is InChI=1S/C78H123NO18/c1-3-5-7-9-11-13-15-17-18-19-20-21-22-23-24-25-26-27-28-29-30-31-32-33-34-35-36-37-38-39-40-41-42-44-46-48-50-52-54-56-66(84)79-61(62(83)55-53-51-49-47-45-43-16-14-12-10-8-6-4-2)60-92-76-72(90)69(87)74(64(58-81)94-76)97-78-73(91)70(88)75(65(59-82)95-78)96-77-71(89)68(86)67(85)63(57-80)93-77/h5,7,11,13,17-18,20-21,23-24,26-27,29-30,32-33,35-36,38-39,41-42,45-48,53,55,61-65,67-78,80-83,85-91H,3-4,6,8-10,12,14-16,19,22,25,28,31,34,37,40,43-44,49-52,54,56-60H2,1-2H3,(H,79,84)/b7-5-,13-11-,18-17-,21-20-,24-23-,27-26-,30-29-,33-32-,36-35-,39-38-,42-41-,47-45+,48-46-,55-53+. The highest BCUT2D eigenvalue weighted by Gasteiger charge is 2.53. The lowest BCUT2D eigenvalue weighted by atomic mass is 9.96. The molecule has 0 bridgehead atoms. The maximum atomic E-state index is 13.4. The lowest BCUT2D eigenvalue weighted by molar-refractivity contribution is -0.379. The number of nitrogens with one attached hydrogen (secondary N) is 1. The second-order valence-corrected chi connectivity index (χ2v) is 24.6. The summed E-state index contributed by atoms with van der Waals surface area (Å²) in [6.07, 6.45) is 57.8. The molecule has 0 aromatic heterocycles. The molecule has 19 nitrogen and oxygen atoms in total. The van der Waals surface area contributed by atoms with Crippen molar-refractivity contribution < 1.29 is 89.4 Å². The van der Waals surface area contributed by atoms with Crippen LogP contribution in [-0.2, 0) is 33.2 Å². The fourth-order valence-electron chi connectivity index (χ4n) is 10.7. The molecule has 97 heavy (non-hydrogen) atoms. The Morgan fingerprint density at radius 3 is 1.15 bits per heavy atom. The number of ether oxygens (including phenoxy) is 6. The highest BCUT2D eigenvalue weighted by molar-refractivity contribution is 5.76. The molecule has 3 aliphatic heterocycles. The molecule has 0 aliphatic carbocycles. The zero-order valence-electron chi connectivity index (χ0n) is 58.0. The normalized spacial score (nSPS) is 27.9. The fraction of sp³-hybridized carbons (Fsp3) is 0.628. The van der Waals surface area contributed by atoms with Crippen LogP contribution in [0.2, 0.25) is 0 Å². The van der Waals surface area contributed by atoms with Gasteiger partial charge in [0.1, 0.15) is 73.2 Å². The summed E-state index contributed by atoms with van der Waals surface area (Å²) < 4.78 is 34.2. The monoisotopic (exact) mass is 1360 g/mol. The summed E-state index contributed by atoms with van der Waals surface area (Å²) in [6, 6.07) is -1.03. The Morgan fingerprint density at radius 1 is 0.381 bits per heavy atom. The third kappa shape index (κ3) is 38.0. The van der Waals surface area contributed by atoms with Crippen LogP contribution in [0.1, 0.15) is 181 Å². The number of hydrogen-bond acceptors (Lipinski definition) is 18. The molecular formula is C78H123NO18. The van der Waals surface area contributed by atoms with Gasteiger partial charge >= 0.3 is 0 Å². The third-order valence-electron chi connectivity index (χ3n) is 16.5. The maximum absolute atomic E-state index is 13.4. The number of amides is 1. The van der Waals surface area contributed by atoms with Crippen molar-refractivity contribution in [3.63, 3.8) is 0 Å². The van der Waals surface area contributed by atoms with Crippen molar-refractivity contribution in [1.29, 1.82) is 0 Å². The summed E-state index contributed by atoms with van der Waals surface area (Å²) in [5.74, 6) is -0.337. The molecule has 3 saturated heterocycles. The second-order valence-electron chi connectivity index (χ2n) is 24.6. The van der Waals surface area contributed by atoms with Crippen LogP contribution in [0.5, 0.6) is 0 Å². The van der Waals surface area contributed by atoms with E-state index in [0.717, 1.165) is 109 Å². The molecule has 0 saturated carbocycles. The minimum Gasteiger partial charge on any atom is -0.394 e. The Hall–Kier alpha value is -4.85. The van der Waals surface area contributed by atoms with E-state index >= 15 is 0 Å². The molecule has 548 valence electrons. The van der Waals surface area contributed by atoms with Crippen LogP contribution < -0.4 is 5.32 Å². The smallest absolute Gasteiger partial charge is 0.220 e. The number of unbranched alkanes of at least 4 members (excludes halogenated alkanes) is 10. The molecule has 3 fully saturated rings. The van der Waals surface area contributed by atoms with E-state index in [1.165, 1.54) is 38.5 Å². The Bertz CT molecular complexity index is 2420. The first-order valence-corrected chi connectivity index (χ1v) is 35.9. The summed E-state index contributed by atoms with van der Waals surface area (Å²) in [4.78, 5) is 13.4. The van der Waals surface area contributed by atoms with Crippen LogP contribution in [0.25, 0.3) is 0 Å². The van der Waals surface area contributed by atoms with Gasteiger partial charge in [0.15, 0.2) is 18.9 Å². The first kappa shape index (κ1) is 86.4. The van der Waals surface area contributed by atoms with Gasteiger partial charge in [-0.1, -0.05) is 223 Å². The molecule has 3 aliphatic rings. The van der Waals surface area contributed by atoms with Gasteiger partial charge in [0.2, 0.25) is 5.91 Å². The van der Waals surface area contributed by atoms with Gasteiger partial charge in [-0.25, -0.2) is 0 Å². The largest absolute Gasteiger partial charge is 0.394 e. The zero-order valence-corrected chi connectivity index (χ0v) is 58.0. The van der Waals surface area contributed by atoms with Crippen molar-refractivity contribution in [3.05, 3.63) is 170 Å². The molecule has 1 amide bonds. The van der Waals surface area contributed by atoms with Crippen LogP contribution in [0, 0.1) is 0 Å². The minimum absolute atomic E-state index is 0.168. The Kier molecular flexibility index (Phi) is 50.6. The van der Waals surface area contributed by atoms with Crippen molar-refractivity contribution in [2.45, 2.75) is 285 Å². The predicted molar refractivity (Wildman–Crippen MR) is 382 cm³/mol. The molecule has 0 spiro atoms. The van der Waals surface area contributed by atoms with Crippen molar-refractivity contribution >= 4 is 5.91 Å². The quantitative estimate of drug-likeness (QED) is 0.0199. The number of hydrogen-bond donors (Lipinski definition) is 12. The summed E-state index contributed by atoms with van der Waals surface area (Å²) in [5, 5.41) is 120. The van der Waals surface area contributed by atoms with Crippen molar-refractivity contribution in [2.75, 3.05) is 26.4 Å². The van der Waals surface area contributed by atoms with E-state index in [-0.39, 0.29) is 12.3 Å². The van der Waals surface area contributed by atoms with Gasteiger partial charge < -0.3 is 89.9 Å². The first-order chi connectivity index (χ1) is 47.3. The van der Waals surface area contributed by atoms with Crippen LogP contribution in [0.4, 0.5) is 0 Å². The topological polar surface area (TPSA) is 307 Å². The second kappa shape index (κ2) is 56.9. The van der Waals surface area contributed by atoms with Gasteiger partial charge in [-0.15, -0.1) is 0 Å². The van der Waals surface area contributed by atoms with Gasteiger partial charge in [0, 0.05) is 6.42 Å². The maximum Gasteiger partial charge on any atom is 0.220 e. The lowest BCUT2D eigenvalue weighted by Gasteiger charge is -2.48. The number of rotatable bonds is 52. The number of carbonyl (C=O) groups is 1. The average Bonchev–Trinajstić information content (AvgIpc) is 0.809. The summed E-state index contributed by atoms with van der Waals surface area (Å²) in [6.45, 7) is 1.51. The molecule has 3 heterocycles. The molecule has 0 radical (unpaired) electrons. The first-order valence-electron chi connectivity index (χ1n) is 35.9. The number of allylic oxidation sites excluding steroid dienone is 27. The highest BCUT2D eigenvalue weighted by atomic mass is 16.8. The van der Waals surface area contributed by atoms with E-state index in [2.05, 4.69) is 177 Å². The van der Waals surface area contributed by atoms with Crippen LogP contribution in [0.15, 0.2) is 170 Å². The Balaban J connectivity index is 1.38. The molecule has 0 aromatic rings. The number of aliphatic hydroxyl groups is 11. The van der Waals surface area contributed by atoms with Crippen LogP contribution >= 0.6 is 0 Å². The zero-order chi connectivity index (χ0) is 70.4. The SMILES string of the molecule is CC/C=C\C/C=C\C/C=C\C/C=C\C/C=C\C/C=C\C/C=C\C/C=C\C/C=C\C/C=C\C/C=C\C/C=C\CCCCC(=O)NC(COC1OC(CO)C(OC2OC(CO)C(OC3OC(CO)C(O)C(O)C3O)C(O)C2O)C(O)C1O)C(O)/C=C/CC/C=C/CCCCCCCCC. The van der Waals surface area contributed by atoms with Gasteiger partial charge in [-0.2, -0.15) is 0 Å². The van der Waals surface area contributed by atoms with E-state index in [1.54, 1.807) is 6.08 Å². The summed E-state index contributed by atoms with van der Waals surface area (Å²) in [7, 11) is 0. The van der Waals surface area contributed by atoms with E-state index in [4.69, 9.17) is 28.4 Å². The molecule has 12 N–H and O–H groups in total. The van der Waals surface area contributed by atoms with Gasteiger partial charge in [0.25, 0.3) is 0 Å². The van der Waals surface area contributed by atoms with Crippen molar-refractivity contribution in [3.8, 4) is 0 Å². The number of carbonyl (C=O) groups excluding carboxylic acids is 1. The van der Waals surface area contributed by atoms with Crippen LogP contribution in [0.3, 0.4) is 0 Å². The fourth-order valence-corrected chi connectivity index (χ4v) is 10.7. The van der Waals surface area contributed by atoms with E-state index in [9.17, 15) is 61.0 Å². The molecular weight excluding hydrogens is 1240 g/mol. The molecule has 3 rings (SSSR count). The van der Waals surface area contributed by atoms with Crippen molar-refractivity contribution in [2.24, 2.45) is 0 Å². The summed E-state index contributed by atoms with van der Waals surface area (Å²) >= 11 is 0. The minimum atomic E-state index is -1.99.